The highest BCUT2D eigenvalue weighted by atomic mass is 35.5. The van der Waals surface area contributed by atoms with Crippen molar-refractivity contribution in [3.63, 3.8) is 0 Å². The van der Waals surface area contributed by atoms with Gasteiger partial charge in [0.2, 0.25) is 0 Å². The molecule has 1 heterocycles. The van der Waals surface area contributed by atoms with Gasteiger partial charge in [-0.25, -0.2) is 9.78 Å². The number of aromatic carboxylic acids is 1. The van der Waals surface area contributed by atoms with Crippen LogP contribution in [-0.4, -0.2) is 23.2 Å². The fourth-order valence-electron chi connectivity index (χ4n) is 0.689. The number of carboxylic acids is 1. The summed E-state index contributed by atoms with van der Waals surface area (Å²) in [7, 11) is 1.45. The number of pyridine rings is 1. The number of methoxy groups -OCH3 is 1. The lowest BCUT2D eigenvalue weighted by Gasteiger charge is -2.00. The quantitative estimate of drug-likeness (QED) is 0.827. The maximum Gasteiger partial charge on any atom is 0.356 e. The molecule has 0 aliphatic carbocycles. The topological polar surface area (TPSA) is 59.4 Å². The van der Waals surface area contributed by atoms with Gasteiger partial charge >= 0.3 is 5.97 Å². The first kappa shape index (κ1) is 12.7. The Kier molecular flexibility index (Phi) is 5.64. The molecule has 4 nitrogen and oxygen atoms in total. The highest BCUT2D eigenvalue weighted by molar-refractivity contribution is 6.33. The average Bonchev–Trinajstić information content (AvgIpc) is 2.20. The van der Waals surface area contributed by atoms with E-state index < -0.39 is 5.97 Å². The summed E-state index contributed by atoms with van der Waals surface area (Å²) in [6.45, 7) is 4.00. The Bertz CT molecular complexity index is 315. The maximum atomic E-state index is 10.4. The number of carboxylic acid groups (broad SMARTS) is 1. The summed E-state index contributed by atoms with van der Waals surface area (Å²) >= 11 is 5.58. The lowest BCUT2D eigenvalue weighted by molar-refractivity contribution is 0.0690. The zero-order valence-corrected chi connectivity index (χ0v) is 9.00. The van der Waals surface area contributed by atoms with Crippen molar-refractivity contribution in [3.8, 4) is 5.75 Å². The van der Waals surface area contributed by atoms with Crippen LogP contribution in [0.25, 0.3) is 0 Å². The Balaban J connectivity index is 0.000000791. The van der Waals surface area contributed by atoms with E-state index >= 15 is 0 Å². The Labute approximate surface area is 87.5 Å². The highest BCUT2D eigenvalue weighted by Gasteiger charge is 2.10. The van der Waals surface area contributed by atoms with Gasteiger partial charge in [-0.05, 0) is 0 Å². The molecular formula is C9H12ClNO3. The van der Waals surface area contributed by atoms with Gasteiger partial charge in [0.1, 0.15) is 5.75 Å². The summed E-state index contributed by atoms with van der Waals surface area (Å²) in [6, 6.07) is 1.40. The summed E-state index contributed by atoms with van der Waals surface area (Å²) in [5.74, 6) is -0.715. The van der Waals surface area contributed by atoms with Gasteiger partial charge in [-0.2, -0.15) is 0 Å². The van der Waals surface area contributed by atoms with Crippen molar-refractivity contribution >= 4 is 17.6 Å². The standard InChI is InChI=1S/C7H6ClNO3.C2H6/c1-12-4-2-5(8)6(7(10)11)9-3-4;1-2/h2-3H,1H3,(H,10,11);1-2H3. The fourth-order valence-corrected chi connectivity index (χ4v) is 0.927. The van der Waals surface area contributed by atoms with Gasteiger partial charge in [0.05, 0.1) is 18.3 Å². The van der Waals surface area contributed by atoms with Gasteiger partial charge in [-0.15, -0.1) is 0 Å². The van der Waals surface area contributed by atoms with E-state index in [4.69, 9.17) is 21.4 Å². The van der Waals surface area contributed by atoms with Gasteiger partial charge in [-0.3, -0.25) is 0 Å². The smallest absolute Gasteiger partial charge is 0.356 e. The van der Waals surface area contributed by atoms with E-state index in [2.05, 4.69) is 4.98 Å². The van der Waals surface area contributed by atoms with Crippen LogP contribution in [-0.2, 0) is 0 Å². The van der Waals surface area contributed by atoms with Crippen molar-refractivity contribution in [3.05, 3.63) is 23.0 Å². The van der Waals surface area contributed by atoms with Gasteiger partial charge in [-0.1, -0.05) is 25.4 Å². The molecule has 0 atom stereocenters. The third-order valence-electron chi connectivity index (χ3n) is 1.25. The summed E-state index contributed by atoms with van der Waals surface area (Å²) < 4.78 is 4.79. The van der Waals surface area contributed by atoms with Gasteiger partial charge in [0.15, 0.2) is 5.69 Å². The maximum absolute atomic E-state index is 10.4. The summed E-state index contributed by atoms with van der Waals surface area (Å²) in [5, 5.41) is 8.61. The molecule has 0 aromatic carbocycles. The molecule has 0 aliphatic rings. The minimum atomic E-state index is -1.15. The van der Waals surface area contributed by atoms with Crippen molar-refractivity contribution in [1.29, 1.82) is 0 Å². The molecule has 14 heavy (non-hydrogen) atoms. The average molecular weight is 218 g/mol. The van der Waals surface area contributed by atoms with Crippen LogP contribution in [0.4, 0.5) is 0 Å². The molecule has 0 bridgehead atoms. The van der Waals surface area contributed by atoms with Crippen molar-refractivity contribution < 1.29 is 14.6 Å². The van der Waals surface area contributed by atoms with E-state index in [-0.39, 0.29) is 10.7 Å². The van der Waals surface area contributed by atoms with Crippen molar-refractivity contribution in [2.45, 2.75) is 13.8 Å². The molecule has 1 aromatic rings. The molecule has 5 heteroatoms. The number of hydrogen-bond donors (Lipinski definition) is 1. The molecule has 1 N–H and O–H groups in total. The number of hydrogen-bond acceptors (Lipinski definition) is 3. The van der Waals surface area contributed by atoms with Gasteiger partial charge in [0, 0.05) is 6.07 Å². The summed E-state index contributed by atoms with van der Waals surface area (Å²) in [6.07, 6.45) is 1.30. The number of carbonyl (C=O) groups is 1. The van der Waals surface area contributed by atoms with E-state index in [0.717, 1.165) is 0 Å². The molecular weight excluding hydrogens is 206 g/mol. The first-order chi connectivity index (χ1) is 6.65. The lowest BCUT2D eigenvalue weighted by Crippen LogP contribution is -2.01. The first-order valence-corrected chi connectivity index (χ1v) is 4.45. The Morgan fingerprint density at radius 2 is 2.14 bits per heavy atom. The second-order valence-corrected chi connectivity index (χ2v) is 2.42. The fraction of sp³-hybridized carbons (Fsp3) is 0.333. The Morgan fingerprint density at radius 1 is 1.57 bits per heavy atom. The minimum Gasteiger partial charge on any atom is -0.495 e. The third-order valence-corrected chi connectivity index (χ3v) is 1.54. The van der Waals surface area contributed by atoms with Crippen molar-refractivity contribution in [2.75, 3.05) is 7.11 Å². The number of aromatic nitrogens is 1. The predicted octanol–water partition coefficient (Wildman–Crippen LogP) is 2.47. The zero-order chi connectivity index (χ0) is 11.1. The second kappa shape index (κ2) is 6.21. The van der Waals surface area contributed by atoms with E-state index in [0.29, 0.717) is 5.75 Å². The summed E-state index contributed by atoms with van der Waals surface area (Å²) in [4.78, 5) is 14.0. The van der Waals surface area contributed by atoms with Crippen LogP contribution in [0.1, 0.15) is 24.3 Å². The van der Waals surface area contributed by atoms with Crippen molar-refractivity contribution in [1.82, 2.24) is 4.98 Å². The van der Waals surface area contributed by atoms with Crippen LogP contribution in [0.2, 0.25) is 5.02 Å². The molecule has 0 spiro atoms. The molecule has 0 radical (unpaired) electrons. The van der Waals surface area contributed by atoms with E-state index in [1.54, 1.807) is 0 Å². The van der Waals surface area contributed by atoms with E-state index in [1.807, 2.05) is 13.8 Å². The normalized spacial score (nSPS) is 8.57. The molecule has 1 aromatic heterocycles. The molecule has 78 valence electrons. The predicted molar refractivity (Wildman–Crippen MR) is 54.1 cm³/mol. The monoisotopic (exact) mass is 217 g/mol. The van der Waals surface area contributed by atoms with Gasteiger partial charge < -0.3 is 9.84 Å². The number of ether oxygens (including phenoxy) is 1. The second-order valence-electron chi connectivity index (χ2n) is 2.01. The molecule has 0 saturated carbocycles. The molecule has 0 saturated heterocycles. The molecule has 1 rings (SSSR count). The van der Waals surface area contributed by atoms with E-state index in [1.165, 1.54) is 19.4 Å². The van der Waals surface area contributed by atoms with Crippen LogP contribution >= 0.6 is 11.6 Å². The van der Waals surface area contributed by atoms with Crippen LogP contribution < -0.4 is 4.74 Å². The van der Waals surface area contributed by atoms with E-state index in [9.17, 15) is 4.79 Å². The Morgan fingerprint density at radius 3 is 2.50 bits per heavy atom. The lowest BCUT2D eigenvalue weighted by atomic mass is 10.3. The van der Waals surface area contributed by atoms with Crippen LogP contribution in [0.15, 0.2) is 12.3 Å². The number of halogens is 1. The van der Waals surface area contributed by atoms with Crippen LogP contribution in [0.5, 0.6) is 5.75 Å². The first-order valence-electron chi connectivity index (χ1n) is 4.08. The molecule has 0 fully saturated rings. The molecule has 0 unspecified atom stereocenters. The Hall–Kier alpha value is -1.29. The minimum absolute atomic E-state index is 0.0712. The van der Waals surface area contributed by atoms with Crippen molar-refractivity contribution in [2.24, 2.45) is 0 Å². The number of rotatable bonds is 2. The van der Waals surface area contributed by atoms with Crippen LogP contribution in [0, 0.1) is 0 Å². The zero-order valence-electron chi connectivity index (χ0n) is 8.24. The molecule has 0 aliphatic heterocycles. The third kappa shape index (κ3) is 3.22. The van der Waals surface area contributed by atoms with Gasteiger partial charge in [0.25, 0.3) is 0 Å². The summed E-state index contributed by atoms with van der Waals surface area (Å²) in [5.41, 5.74) is -0.169. The largest absolute Gasteiger partial charge is 0.495 e. The molecule has 0 amide bonds. The SMILES string of the molecule is CC.COc1cnc(C(=O)O)c(Cl)c1. The number of nitrogens with zero attached hydrogens (tertiary/aromatic N) is 1. The van der Waals surface area contributed by atoms with Crippen LogP contribution in [0.3, 0.4) is 0 Å². The highest BCUT2D eigenvalue weighted by Crippen LogP contribution is 2.19.